The number of aryl methyl sites for hydroxylation is 1. The number of fused-ring (bicyclic) bond motifs is 3. The summed E-state index contributed by atoms with van der Waals surface area (Å²) in [7, 11) is 0. The maximum Gasteiger partial charge on any atom is 0.224 e. The lowest BCUT2D eigenvalue weighted by Gasteiger charge is -2.13. The van der Waals surface area contributed by atoms with Gasteiger partial charge in [-0.15, -0.1) is 0 Å². The minimum absolute atomic E-state index is 0.227. The van der Waals surface area contributed by atoms with E-state index in [9.17, 15) is 4.79 Å². The molecule has 1 saturated carbocycles. The quantitative estimate of drug-likeness (QED) is 0.779. The lowest BCUT2D eigenvalue weighted by Crippen LogP contribution is -2.33. The van der Waals surface area contributed by atoms with Gasteiger partial charge in [0.2, 0.25) is 5.91 Å². The van der Waals surface area contributed by atoms with Crippen LogP contribution in [0, 0.1) is 11.8 Å². The smallest absolute Gasteiger partial charge is 0.224 e. The lowest BCUT2D eigenvalue weighted by molar-refractivity contribution is -0.122. The minimum atomic E-state index is 0.227. The summed E-state index contributed by atoms with van der Waals surface area (Å²) in [6.07, 6.45) is 3.45. The Balaban J connectivity index is 1.52. The van der Waals surface area contributed by atoms with Gasteiger partial charge in [0, 0.05) is 19.0 Å². The van der Waals surface area contributed by atoms with Gasteiger partial charge in [0.15, 0.2) is 0 Å². The Morgan fingerprint density at radius 2 is 2.10 bits per heavy atom. The van der Waals surface area contributed by atoms with Crippen LogP contribution in [0.4, 0.5) is 0 Å². The van der Waals surface area contributed by atoms with Crippen molar-refractivity contribution < 1.29 is 4.79 Å². The Hall–Kier alpha value is -1.35. The topological polar surface area (TPSA) is 41.1 Å². The molecule has 3 nitrogen and oxygen atoms in total. The van der Waals surface area contributed by atoms with Gasteiger partial charge in [0.25, 0.3) is 0 Å². The zero-order valence-corrected chi connectivity index (χ0v) is 12.2. The molecule has 1 aromatic carbocycles. The highest BCUT2D eigenvalue weighted by molar-refractivity contribution is 5.84. The summed E-state index contributed by atoms with van der Waals surface area (Å²) in [4.78, 5) is 12.3. The van der Waals surface area contributed by atoms with Crippen molar-refractivity contribution in [3.8, 4) is 0 Å². The highest BCUT2D eigenvalue weighted by Crippen LogP contribution is 2.59. The maximum absolute atomic E-state index is 12.3. The van der Waals surface area contributed by atoms with Gasteiger partial charge < -0.3 is 10.6 Å². The average Bonchev–Trinajstić information content (AvgIpc) is 3.22. The van der Waals surface area contributed by atoms with E-state index in [-0.39, 0.29) is 11.8 Å². The molecule has 3 atom stereocenters. The molecule has 0 aliphatic heterocycles. The summed E-state index contributed by atoms with van der Waals surface area (Å²) in [5, 5.41) is 6.40. The monoisotopic (exact) mass is 272 g/mol. The summed E-state index contributed by atoms with van der Waals surface area (Å²) in [5.41, 5.74) is 2.88. The van der Waals surface area contributed by atoms with Crippen LogP contribution < -0.4 is 10.6 Å². The van der Waals surface area contributed by atoms with Crippen LogP contribution in [0.3, 0.4) is 0 Å². The second-order valence-electron chi connectivity index (χ2n) is 5.99. The Kier molecular flexibility index (Phi) is 4.06. The predicted octanol–water partition coefficient (Wildman–Crippen LogP) is 2.08. The molecule has 0 radical (unpaired) electrons. The summed E-state index contributed by atoms with van der Waals surface area (Å²) >= 11 is 0. The molecule has 1 aromatic rings. The van der Waals surface area contributed by atoms with Crippen LogP contribution in [0.25, 0.3) is 0 Å². The molecule has 0 aromatic heterocycles. The summed E-state index contributed by atoms with van der Waals surface area (Å²) < 4.78 is 0. The second kappa shape index (κ2) is 5.96. The molecule has 0 bridgehead atoms. The van der Waals surface area contributed by atoms with E-state index in [0.29, 0.717) is 11.8 Å². The summed E-state index contributed by atoms with van der Waals surface area (Å²) in [5.74, 6) is 1.57. The molecule has 2 N–H and O–H groups in total. The number of rotatable bonds is 6. The van der Waals surface area contributed by atoms with Gasteiger partial charge in [-0.1, -0.05) is 31.2 Å². The number of nitrogens with one attached hydrogen (secondary N) is 2. The molecule has 20 heavy (non-hydrogen) atoms. The summed E-state index contributed by atoms with van der Waals surface area (Å²) in [6.45, 7) is 4.80. The van der Waals surface area contributed by atoms with Gasteiger partial charge in [-0.3, -0.25) is 4.79 Å². The van der Waals surface area contributed by atoms with Crippen LogP contribution in [-0.4, -0.2) is 25.5 Å². The van der Waals surface area contributed by atoms with Gasteiger partial charge in [-0.05, 0) is 48.8 Å². The van der Waals surface area contributed by atoms with E-state index in [1.807, 2.05) is 0 Å². The molecule has 0 heterocycles. The van der Waals surface area contributed by atoms with Crippen LogP contribution >= 0.6 is 0 Å². The van der Waals surface area contributed by atoms with Crippen LogP contribution in [0.1, 0.15) is 36.8 Å². The molecule has 3 rings (SSSR count). The molecule has 0 spiro atoms. The van der Waals surface area contributed by atoms with Crippen molar-refractivity contribution >= 4 is 5.91 Å². The van der Waals surface area contributed by atoms with Gasteiger partial charge in [0.1, 0.15) is 0 Å². The van der Waals surface area contributed by atoms with Gasteiger partial charge >= 0.3 is 0 Å². The van der Waals surface area contributed by atoms with E-state index < -0.39 is 0 Å². The fourth-order valence-corrected chi connectivity index (χ4v) is 3.62. The van der Waals surface area contributed by atoms with Crippen LogP contribution in [0.5, 0.6) is 0 Å². The Bertz CT molecular complexity index is 486. The zero-order valence-electron chi connectivity index (χ0n) is 12.2. The van der Waals surface area contributed by atoms with Crippen molar-refractivity contribution in [3.63, 3.8) is 0 Å². The Morgan fingerprint density at radius 1 is 1.25 bits per heavy atom. The number of benzene rings is 1. The van der Waals surface area contributed by atoms with Crippen molar-refractivity contribution in [2.75, 3.05) is 19.6 Å². The van der Waals surface area contributed by atoms with E-state index in [2.05, 4.69) is 41.8 Å². The van der Waals surface area contributed by atoms with Gasteiger partial charge in [-0.25, -0.2) is 0 Å². The van der Waals surface area contributed by atoms with Crippen molar-refractivity contribution in [3.05, 3.63) is 35.4 Å². The molecule has 0 saturated heterocycles. The van der Waals surface area contributed by atoms with Gasteiger partial charge in [0.05, 0.1) is 0 Å². The molecule has 3 heteroatoms. The third-order valence-electron chi connectivity index (χ3n) is 4.66. The molecule has 2 aliphatic carbocycles. The van der Waals surface area contributed by atoms with Crippen LogP contribution in [0.2, 0.25) is 0 Å². The first kappa shape index (κ1) is 13.6. The average molecular weight is 272 g/mol. The molecule has 1 fully saturated rings. The fourth-order valence-electron chi connectivity index (χ4n) is 3.62. The Labute approximate surface area is 121 Å². The number of amides is 1. The first-order valence-electron chi connectivity index (χ1n) is 7.89. The molecule has 1 amide bonds. The number of hydrogen-bond acceptors (Lipinski definition) is 2. The highest BCUT2D eigenvalue weighted by Gasteiger charge is 2.56. The first-order valence-corrected chi connectivity index (χ1v) is 7.89. The standard InChI is InChI=1S/C17H24N2O/c1-2-9-18-10-11-19-17(20)16-14-8-7-12-5-3-4-6-13(12)15(14)16/h3-6,14-16,18H,2,7-11H2,1H3,(H,19,20). The normalized spacial score (nSPS) is 26.6. The number of hydrogen-bond donors (Lipinski definition) is 2. The van der Waals surface area contributed by atoms with E-state index in [4.69, 9.17) is 0 Å². The molecular weight excluding hydrogens is 248 g/mol. The second-order valence-corrected chi connectivity index (χ2v) is 5.99. The van der Waals surface area contributed by atoms with Gasteiger partial charge in [-0.2, -0.15) is 0 Å². The number of carbonyl (C=O) groups is 1. The van der Waals surface area contributed by atoms with E-state index >= 15 is 0 Å². The predicted molar refractivity (Wildman–Crippen MR) is 80.7 cm³/mol. The lowest BCUT2D eigenvalue weighted by atomic mass is 9.92. The molecular formula is C17H24N2O. The van der Waals surface area contributed by atoms with E-state index in [1.54, 1.807) is 0 Å². The molecule has 3 unspecified atom stereocenters. The largest absolute Gasteiger partial charge is 0.355 e. The van der Waals surface area contributed by atoms with Crippen molar-refractivity contribution in [2.24, 2.45) is 11.8 Å². The molecule has 2 aliphatic rings. The van der Waals surface area contributed by atoms with E-state index in [1.165, 1.54) is 17.5 Å². The zero-order chi connectivity index (χ0) is 13.9. The highest BCUT2D eigenvalue weighted by atomic mass is 16.2. The van der Waals surface area contributed by atoms with Crippen molar-refractivity contribution in [1.82, 2.24) is 10.6 Å². The Morgan fingerprint density at radius 3 is 2.95 bits per heavy atom. The molecule has 108 valence electrons. The minimum Gasteiger partial charge on any atom is -0.355 e. The van der Waals surface area contributed by atoms with Crippen LogP contribution in [0.15, 0.2) is 24.3 Å². The maximum atomic E-state index is 12.3. The third kappa shape index (κ3) is 2.59. The van der Waals surface area contributed by atoms with Crippen molar-refractivity contribution in [2.45, 2.75) is 32.1 Å². The summed E-state index contributed by atoms with van der Waals surface area (Å²) in [6, 6.07) is 8.63. The van der Waals surface area contributed by atoms with Crippen LogP contribution in [-0.2, 0) is 11.2 Å². The van der Waals surface area contributed by atoms with Crippen molar-refractivity contribution in [1.29, 1.82) is 0 Å². The fraction of sp³-hybridized carbons (Fsp3) is 0.588. The number of carbonyl (C=O) groups excluding carboxylic acids is 1. The third-order valence-corrected chi connectivity index (χ3v) is 4.66. The first-order chi connectivity index (χ1) is 9.83. The SMILES string of the molecule is CCCNCCNC(=O)C1C2CCc3ccccc3C21. The van der Waals surface area contributed by atoms with E-state index in [0.717, 1.165) is 32.5 Å².